The van der Waals surface area contributed by atoms with Gasteiger partial charge in [-0.2, -0.15) is 0 Å². The average molecular weight is 320 g/mol. The fourth-order valence-corrected chi connectivity index (χ4v) is 3.18. The van der Waals surface area contributed by atoms with Crippen LogP contribution in [-0.4, -0.2) is 11.8 Å². The minimum atomic E-state index is -0.571. The SMILES string of the molecule is C[C@@]12CC=CC[C@@H]1C(=O)N(c1ccc(Br)cc1)C2=O. The van der Waals surface area contributed by atoms with Crippen molar-refractivity contribution in [3.8, 4) is 0 Å². The van der Waals surface area contributed by atoms with Gasteiger partial charge in [-0.05, 0) is 44.0 Å². The summed E-state index contributed by atoms with van der Waals surface area (Å²) in [6, 6.07) is 7.29. The summed E-state index contributed by atoms with van der Waals surface area (Å²) in [5.41, 5.74) is 0.0904. The van der Waals surface area contributed by atoms with E-state index in [1.165, 1.54) is 4.90 Å². The number of fused-ring (bicyclic) bond motifs is 1. The number of carbonyl (C=O) groups is 2. The Morgan fingerprint density at radius 1 is 1.21 bits per heavy atom. The molecule has 1 aromatic rings. The first-order valence-corrected chi connectivity index (χ1v) is 7.12. The van der Waals surface area contributed by atoms with E-state index in [-0.39, 0.29) is 17.7 Å². The predicted molar refractivity (Wildman–Crippen MR) is 76.6 cm³/mol. The summed E-state index contributed by atoms with van der Waals surface area (Å²) in [4.78, 5) is 26.5. The third-order valence-corrected chi connectivity index (χ3v) is 4.67. The number of halogens is 1. The van der Waals surface area contributed by atoms with Gasteiger partial charge in [0.2, 0.25) is 11.8 Å². The smallest absolute Gasteiger partial charge is 0.240 e. The number of imide groups is 1. The van der Waals surface area contributed by atoms with Crippen LogP contribution in [0.4, 0.5) is 5.69 Å². The van der Waals surface area contributed by atoms with Gasteiger partial charge < -0.3 is 0 Å². The Hall–Kier alpha value is -1.42. The highest BCUT2D eigenvalue weighted by molar-refractivity contribution is 9.10. The second-order valence-electron chi connectivity index (χ2n) is 5.34. The molecule has 1 aromatic carbocycles. The van der Waals surface area contributed by atoms with Crippen molar-refractivity contribution in [3.05, 3.63) is 40.9 Å². The van der Waals surface area contributed by atoms with Crippen LogP contribution in [0.2, 0.25) is 0 Å². The lowest BCUT2D eigenvalue weighted by molar-refractivity contribution is -0.126. The molecule has 2 aliphatic rings. The van der Waals surface area contributed by atoms with Crippen molar-refractivity contribution in [1.82, 2.24) is 0 Å². The van der Waals surface area contributed by atoms with Crippen LogP contribution in [0.1, 0.15) is 19.8 Å². The van der Waals surface area contributed by atoms with Gasteiger partial charge in [-0.3, -0.25) is 9.59 Å². The van der Waals surface area contributed by atoms with Crippen LogP contribution < -0.4 is 4.90 Å². The molecule has 1 heterocycles. The van der Waals surface area contributed by atoms with Gasteiger partial charge in [-0.25, -0.2) is 4.90 Å². The molecular formula is C15H14BrNO2. The molecule has 3 nitrogen and oxygen atoms in total. The highest BCUT2D eigenvalue weighted by atomic mass is 79.9. The number of anilines is 1. The van der Waals surface area contributed by atoms with Crippen LogP contribution in [-0.2, 0) is 9.59 Å². The van der Waals surface area contributed by atoms with Gasteiger partial charge in [0.1, 0.15) is 0 Å². The first kappa shape index (κ1) is 12.6. The Bertz CT molecular complexity index is 578. The van der Waals surface area contributed by atoms with Crippen LogP contribution in [0.25, 0.3) is 0 Å². The van der Waals surface area contributed by atoms with E-state index in [4.69, 9.17) is 0 Å². The molecule has 0 bridgehead atoms. The third kappa shape index (κ3) is 1.77. The van der Waals surface area contributed by atoms with E-state index < -0.39 is 5.41 Å². The molecule has 98 valence electrons. The van der Waals surface area contributed by atoms with Gasteiger partial charge in [0.15, 0.2) is 0 Å². The Morgan fingerprint density at radius 3 is 2.53 bits per heavy atom. The van der Waals surface area contributed by atoms with Crippen molar-refractivity contribution in [2.75, 3.05) is 4.90 Å². The Labute approximate surface area is 120 Å². The van der Waals surface area contributed by atoms with E-state index in [9.17, 15) is 9.59 Å². The Balaban J connectivity index is 2.03. The van der Waals surface area contributed by atoms with Gasteiger partial charge in [-0.1, -0.05) is 28.1 Å². The normalized spacial score (nSPS) is 29.8. The standard InChI is InChI=1S/C15H14BrNO2/c1-15-9-3-2-4-12(15)13(18)17(14(15)19)11-7-5-10(16)6-8-11/h2-3,5-8,12H,4,9H2,1H3/t12-,15-/m1/s1. The lowest BCUT2D eigenvalue weighted by Crippen LogP contribution is -2.34. The van der Waals surface area contributed by atoms with Crippen LogP contribution >= 0.6 is 15.9 Å². The van der Waals surface area contributed by atoms with E-state index in [0.29, 0.717) is 18.5 Å². The number of carbonyl (C=O) groups excluding carboxylic acids is 2. The van der Waals surface area contributed by atoms with E-state index in [1.807, 2.05) is 31.2 Å². The summed E-state index contributed by atoms with van der Waals surface area (Å²) in [6.07, 6.45) is 5.32. The average Bonchev–Trinajstić information content (AvgIpc) is 2.60. The van der Waals surface area contributed by atoms with Crippen LogP contribution in [0.5, 0.6) is 0 Å². The van der Waals surface area contributed by atoms with Gasteiger partial charge in [0.05, 0.1) is 17.0 Å². The minimum absolute atomic E-state index is 0.0702. The molecule has 2 amide bonds. The highest BCUT2D eigenvalue weighted by Gasteiger charge is 2.56. The third-order valence-electron chi connectivity index (χ3n) is 4.14. The summed E-state index contributed by atoms with van der Waals surface area (Å²) in [5, 5.41) is 0. The molecule has 1 saturated heterocycles. The van der Waals surface area contributed by atoms with Crippen LogP contribution in [0.3, 0.4) is 0 Å². The molecule has 0 spiro atoms. The number of benzene rings is 1. The number of hydrogen-bond donors (Lipinski definition) is 0. The monoisotopic (exact) mass is 319 g/mol. The minimum Gasteiger partial charge on any atom is -0.274 e. The molecule has 4 heteroatoms. The number of rotatable bonds is 1. The van der Waals surface area contributed by atoms with E-state index >= 15 is 0 Å². The molecule has 1 fully saturated rings. The van der Waals surface area contributed by atoms with Gasteiger partial charge in [0, 0.05) is 4.47 Å². The lowest BCUT2D eigenvalue weighted by Gasteiger charge is -2.27. The molecule has 0 unspecified atom stereocenters. The quantitative estimate of drug-likeness (QED) is 0.588. The Kier molecular flexibility index (Phi) is 2.86. The largest absolute Gasteiger partial charge is 0.274 e. The zero-order valence-corrected chi connectivity index (χ0v) is 12.2. The molecule has 19 heavy (non-hydrogen) atoms. The van der Waals surface area contributed by atoms with Crippen molar-refractivity contribution in [3.63, 3.8) is 0 Å². The zero-order valence-electron chi connectivity index (χ0n) is 10.6. The summed E-state index contributed by atoms with van der Waals surface area (Å²) >= 11 is 3.36. The number of hydrogen-bond acceptors (Lipinski definition) is 2. The van der Waals surface area contributed by atoms with E-state index in [1.54, 1.807) is 12.1 Å². The molecule has 1 aliphatic carbocycles. The fraction of sp³-hybridized carbons (Fsp3) is 0.333. The van der Waals surface area contributed by atoms with Crippen molar-refractivity contribution in [2.45, 2.75) is 19.8 Å². The molecule has 0 aromatic heterocycles. The zero-order chi connectivity index (χ0) is 13.6. The van der Waals surface area contributed by atoms with Crippen molar-refractivity contribution >= 4 is 33.4 Å². The molecule has 3 rings (SSSR count). The molecule has 0 N–H and O–H groups in total. The predicted octanol–water partition coefficient (Wildman–Crippen LogP) is 3.29. The van der Waals surface area contributed by atoms with E-state index in [2.05, 4.69) is 15.9 Å². The number of nitrogens with zero attached hydrogens (tertiary/aromatic N) is 1. The molecule has 2 atom stereocenters. The summed E-state index contributed by atoms with van der Waals surface area (Å²) in [7, 11) is 0. The molecular weight excluding hydrogens is 306 g/mol. The van der Waals surface area contributed by atoms with Crippen molar-refractivity contribution in [1.29, 1.82) is 0 Å². The fourth-order valence-electron chi connectivity index (χ4n) is 2.92. The van der Waals surface area contributed by atoms with Crippen LogP contribution in [0, 0.1) is 11.3 Å². The first-order chi connectivity index (χ1) is 9.04. The topological polar surface area (TPSA) is 37.4 Å². The Morgan fingerprint density at radius 2 is 1.89 bits per heavy atom. The van der Waals surface area contributed by atoms with Crippen molar-refractivity contribution < 1.29 is 9.59 Å². The van der Waals surface area contributed by atoms with Crippen molar-refractivity contribution in [2.24, 2.45) is 11.3 Å². The maximum absolute atomic E-state index is 12.6. The summed E-state index contributed by atoms with van der Waals surface area (Å²) in [5.74, 6) is -0.359. The number of allylic oxidation sites excluding steroid dienone is 2. The maximum atomic E-state index is 12.6. The van der Waals surface area contributed by atoms with E-state index in [0.717, 1.165) is 4.47 Å². The van der Waals surface area contributed by atoms with Gasteiger partial charge in [0.25, 0.3) is 0 Å². The van der Waals surface area contributed by atoms with Gasteiger partial charge in [-0.15, -0.1) is 0 Å². The van der Waals surface area contributed by atoms with Crippen LogP contribution in [0.15, 0.2) is 40.9 Å². The molecule has 0 saturated carbocycles. The lowest BCUT2D eigenvalue weighted by atomic mass is 9.72. The second kappa shape index (κ2) is 4.30. The van der Waals surface area contributed by atoms with Gasteiger partial charge >= 0.3 is 0 Å². The first-order valence-electron chi connectivity index (χ1n) is 6.33. The summed E-state index contributed by atoms with van der Waals surface area (Å²) in [6.45, 7) is 1.90. The second-order valence-corrected chi connectivity index (χ2v) is 6.25. The number of amides is 2. The molecule has 0 radical (unpaired) electrons. The maximum Gasteiger partial charge on any atom is 0.240 e. The highest BCUT2D eigenvalue weighted by Crippen LogP contribution is 2.47. The summed E-state index contributed by atoms with van der Waals surface area (Å²) < 4.78 is 0.931. The molecule has 1 aliphatic heterocycles.